The molecule has 1 atom stereocenters. The first-order valence-corrected chi connectivity index (χ1v) is 6.65. The fraction of sp³-hybridized carbons (Fsp3) is 0.312. The second-order valence-corrected chi connectivity index (χ2v) is 5.14. The van der Waals surface area contributed by atoms with Crippen molar-refractivity contribution in [3.63, 3.8) is 0 Å². The summed E-state index contributed by atoms with van der Waals surface area (Å²) in [6.45, 7) is 1.91. The van der Waals surface area contributed by atoms with Crippen LogP contribution in [0, 0.1) is 0 Å². The van der Waals surface area contributed by atoms with Gasteiger partial charge in [-0.25, -0.2) is 0 Å². The summed E-state index contributed by atoms with van der Waals surface area (Å²) in [4.78, 5) is 11.7. The van der Waals surface area contributed by atoms with E-state index >= 15 is 0 Å². The van der Waals surface area contributed by atoms with Crippen molar-refractivity contribution in [3.05, 3.63) is 60.1 Å². The van der Waals surface area contributed by atoms with E-state index in [4.69, 9.17) is 4.42 Å². The van der Waals surface area contributed by atoms with Crippen LogP contribution in [0.4, 0.5) is 0 Å². The standard InChI is InChI=1S/C16H19NO3/c1-16(19,10-9-13-6-3-2-4-7-13)12-17-15(18)14-8-5-11-20-14/h2-8,11,19H,9-10,12H2,1H3,(H,17,18)/t16-/m1/s1. The van der Waals surface area contributed by atoms with Gasteiger partial charge >= 0.3 is 0 Å². The first kappa shape index (κ1) is 14.3. The van der Waals surface area contributed by atoms with Gasteiger partial charge in [0, 0.05) is 6.54 Å². The van der Waals surface area contributed by atoms with E-state index in [1.807, 2.05) is 30.3 Å². The van der Waals surface area contributed by atoms with Gasteiger partial charge in [-0.2, -0.15) is 0 Å². The lowest BCUT2D eigenvalue weighted by Crippen LogP contribution is -2.40. The number of aryl methyl sites for hydroxylation is 1. The highest BCUT2D eigenvalue weighted by molar-refractivity contribution is 5.91. The largest absolute Gasteiger partial charge is 0.459 e. The van der Waals surface area contributed by atoms with Crippen molar-refractivity contribution in [1.29, 1.82) is 0 Å². The molecule has 4 heteroatoms. The highest BCUT2D eigenvalue weighted by atomic mass is 16.3. The summed E-state index contributed by atoms with van der Waals surface area (Å²) in [5, 5.41) is 13.0. The molecule has 1 aromatic heterocycles. The van der Waals surface area contributed by atoms with Crippen LogP contribution in [0.1, 0.15) is 29.5 Å². The van der Waals surface area contributed by atoms with Crippen molar-refractivity contribution in [2.75, 3.05) is 6.54 Å². The molecule has 2 aromatic rings. The highest BCUT2D eigenvalue weighted by Gasteiger charge is 2.21. The van der Waals surface area contributed by atoms with Crippen LogP contribution in [0.3, 0.4) is 0 Å². The van der Waals surface area contributed by atoms with Crippen molar-refractivity contribution in [1.82, 2.24) is 5.32 Å². The third-order valence-corrected chi connectivity index (χ3v) is 3.17. The van der Waals surface area contributed by atoms with Crippen LogP contribution < -0.4 is 5.32 Å². The number of carbonyl (C=O) groups excluding carboxylic acids is 1. The molecule has 2 N–H and O–H groups in total. The Morgan fingerprint density at radius 3 is 2.65 bits per heavy atom. The van der Waals surface area contributed by atoms with Crippen molar-refractivity contribution in [2.45, 2.75) is 25.4 Å². The zero-order valence-corrected chi connectivity index (χ0v) is 11.5. The van der Waals surface area contributed by atoms with E-state index in [-0.39, 0.29) is 18.2 Å². The van der Waals surface area contributed by atoms with Crippen molar-refractivity contribution >= 4 is 5.91 Å². The second kappa shape index (κ2) is 6.39. The average Bonchev–Trinajstić information content (AvgIpc) is 2.98. The van der Waals surface area contributed by atoms with E-state index in [9.17, 15) is 9.90 Å². The number of hydrogen-bond acceptors (Lipinski definition) is 3. The molecular formula is C16H19NO3. The summed E-state index contributed by atoms with van der Waals surface area (Å²) >= 11 is 0. The smallest absolute Gasteiger partial charge is 0.287 e. The van der Waals surface area contributed by atoms with Gasteiger partial charge in [0.1, 0.15) is 0 Å². The number of furan rings is 1. The molecule has 4 nitrogen and oxygen atoms in total. The third-order valence-electron chi connectivity index (χ3n) is 3.17. The minimum absolute atomic E-state index is 0.194. The molecule has 0 unspecified atom stereocenters. The van der Waals surface area contributed by atoms with E-state index in [1.165, 1.54) is 11.8 Å². The summed E-state index contributed by atoms with van der Waals surface area (Å²) < 4.78 is 5.00. The molecule has 0 spiro atoms. The molecule has 0 aliphatic heterocycles. The first-order chi connectivity index (χ1) is 9.57. The Kier molecular flexibility index (Phi) is 4.58. The lowest BCUT2D eigenvalue weighted by atomic mass is 9.97. The van der Waals surface area contributed by atoms with E-state index in [0.717, 1.165) is 6.42 Å². The quantitative estimate of drug-likeness (QED) is 0.849. The number of amides is 1. The maximum absolute atomic E-state index is 11.7. The van der Waals surface area contributed by atoms with Crippen molar-refractivity contribution < 1.29 is 14.3 Å². The van der Waals surface area contributed by atoms with Crippen LogP contribution in [-0.4, -0.2) is 23.2 Å². The molecule has 0 bridgehead atoms. The van der Waals surface area contributed by atoms with E-state index < -0.39 is 5.60 Å². The molecule has 0 saturated heterocycles. The van der Waals surface area contributed by atoms with Crippen LogP contribution >= 0.6 is 0 Å². The maximum atomic E-state index is 11.7. The molecule has 2 rings (SSSR count). The van der Waals surface area contributed by atoms with E-state index in [2.05, 4.69) is 5.32 Å². The van der Waals surface area contributed by atoms with Gasteiger partial charge < -0.3 is 14.8 Å². The molecule has 20 heavy (non-hydrogen) atoms. The molecule has 0 fully saturated rings. The minimum Gasteiger partial charge on any atom is -0.459 e. The van der Waals surface area contributed by atoms with Gasteiger partial charge in [0.15, 0.2) is 5.76 Å². The van der Waals surface area contributed by atoms with Crippen LogP contribution in [0.2, 0.25) is 0 Å². The van der Waals surface area contributed by atoms with Crippen LogP contribution in [0.5, 0.6) is 0 Å². The summed E-state index contributed by atoms with van der Waals surface area (Å²) in [5.74, 6) is -0.0566. The lowest BCUT2D eigenvalue weighted by Gasteiger charge is -2.23. The highest BCUT2D eigenvalue weighted by Crippen LogP contribution is 2.13. The Morgan fingerprint density at radius 1 is 1.25 bits per heavy atom. The number of rotatable bonds is 6. The second-order valence-electron chi connectivity index (χ2n) is 5.14. The molecule has 1 heterocycles. The summed E-state index contributed by atoms with van der Waals surface area (Å²) in [7, 11) is 0. The van der Waals surface area contributed by atoms with Gasteiger partial charge in [0.25, 0.3) is 5.91 Å². The van der Waals surface area contributed by atoms with E-state index in [0.29, 0.717) is 6.42 Å². The normalized spacial score (nSPS) is 13.7. The fourth-order valence-electron chi connectivity index (χ4n) is 1.91. The van der Waals surface area contributed by atoms with Gasteiger partial charge in [-0.15, -0.1) is 0 Å². The summed E-state index contributed by atoms with van der Waals surface area (Å²) in [5.41, 5.74) is 0.225. The molecule has 0 radical (unpaired) electrons. The monoisotopic (exact) mass is 273 g/mol. The number of carbonyl (C=O) groups is 1. The Bertz CT molecular complexity index is 532. The zero-order chi connectivity index (χ0) is 14.4. The fourth-order valence-corrected chi connectivity index (χ4v) is 1.91. The summed E-state index contributed by atoms with van der Waals surface area (Å²) in [6.07, 6.45) is 2.79. The van der Waals surface area contributed by atoms with Gasteiger partial charge in [-0.3, -0.25) is 4.79 Å². The average molecular weight is 273 g/mol. The molecule has 1 amide bonds. The SMILES string of the molecule is C[C@@](O)(CCc1ccccc1)CNC(=O)c1ccco1. The topological polar surface area (TPSA) is 62.5 Å². The third kappa shape index (κ3) is 4.24. The van der Waals surface area contributed by atoms with Gasteiger partial charge in [0.2, 0.25) is 0 Å². The van der Waals surface area contributed by atoms with Gasteiger partial charge in [-0.05, 0) is 37.5 Å². The molecule has 106 valence electrons. The first-order valence-electron chi connectivity index (χ1n) is 6.65. The molecule has 0 aliphatic carbocycles. The molecule has 0 saturated carbocycles. The summed E-state index contributed by atoms with van der Waals surface area (Å²) in [6, 6.07) is 13.2. The molecule has 0 aliphatic rings. The van der Waals surface area contributed by atoms with Crippen LogP contribution in [0.15, 0.2) is 53.1 Å². The predicted molar refractivity (Wildman–Crippen MR) is 76.4 cm³/mol. The number of hydrogen-bond donors (Lipinski definition) is 2. The van der Waals surface area contributed by atoms with Crippen LogP contribution in [0.25, 0.3) is 0 Å². The predicted octanol–water partition coefficient (Wildman–Crippen LogP) is 2.39. The van der Waals surface area contributed by atoms with Crippen molar-refractivity contribution in [2.24, 2.45) is 0 Å². The minimum atomic E-state index is -0.946. The Labute approximate surface area is 118 Å². The number of benzene rings is 1. The Balaban J connectivity index is 1.80. The Morgan fingerprint density at radius 2 is 2.00 bits per heavy atom. The van der Waals surface area contributed by atoms with Crippen molar-refractivity contribution in [3.8, 4) is 0 Å². The Hall–Kier alpha value is -2.07. The molecular weight excluding hydrogens is 254 g/mol. The zero-order valence-electron chi connectivity index (χ0n) is 11.5. The van der Waals surface area contributed by atoms with Gasteiger partial charge in [-0.1, -0.05) is 30.3 Å². The number of aliphatic hydroxyl groups is 1. The van der Waals surface area contributed by atoms with E-state index in [1.54, 1.807) is 19.1 Å². The van der Waals surface area contributed by atoms with Crippen LogP contribution in [-0.2, 0) is 6.42 Å². The van der Waals surface area contributed by atoms with Gasteiger partial charge in [0.05, 0.1) is 11.9 Å². The molecule has 1 aromatic carbocycles. The number of nitrogens with one attached hydrogen (secondary N) is 1. The maximum Gasteiger partial charge on any atom is 0.287 e. The lowest BCUT2D eigenvalue weighted by molar-refractivity contribution is 0.0472.